The van der Waals surface area contributed by atoms with Gasteiger partial charge in [0.05, 0.1) is 4.92 Å². The molecule has 6 nitrogen and oxygen atoms in total. The molecule has 0 fully saturated rings. The van der Waals surface area contributed by atoms with Crippen LogP contribution >= 0.6 is 23.2 Å². The summed E-state index contributed by atoms with van der Waals surface area (Å²) < 4.78 is 5.33. The second kappa shape index (κ2) is 5.81. The van der Waals surface area contributed by atoms with Gasteiger partial charge < -0.3 is 4.74 Å². The number of halogens is 2. The van der Waals surface area contributed by atoms with Gasteiger partial charge in [-0.15, -0.1) is 5.10 Å². The smallest absolute Gasteiger partial charge is 0.311 e. The number of rotatable bonds is 4. The fourth-order valence-corrected chi connectivity index (χ4v) is 1.59. The molecule has 1 aromatic heterocycles. The first-order valence-corrected chi connectivity index (χ1v) is 5.86. The first-order chi connectivity index (χ1) is 9.06. The first-order valence-electron chi connectivity index (χ1n) is 5.11. The molecule has 0 saturated carbocycles. The van der Waals surface area contributed by atoms with E-state index in [2.05, 4.69) is 10.2 Å². The third-order valence-electron chi connectivity index (χ3n) is 2.18. The van der Waals surface area contributed by atoms with Crippen LogP contribution in [0.4, 0.5) is 5.69 Å². The SMILES string of the molecule is O=[N+]([O-])c1ccc(Cl)cc1OCc1ccc(Cl)nn1. The van der Waals surface area contributed by atoms with Crippen LogP contribution in [-0.4, -0.2) is 15.1 Å². The van der Waals surface area contributed by atoms with Gasteiger partial charge in [-0.05, 0) is 18.2 Å². The van der Waals surface area contributed by atoms with Gasteiger partial charge in [0.15, 0.2) is 10.9 Å². The van der Waals surface area contributed by atoms with Gasteiger partial charge in [-0.1, -0.05) is 23.2 Å². The number of hydrogen-bond donors (Lipinski definition) is 0. The lowest BCUT2D eigenvalue weighted by Gasteiger charge is -2.06. The highest BCUT2D eigenvalue weighted by atomic mass is 35.5. The summed E-state index contributed by atoms with van der Waals surface area (Å²) in [6.45, 7) is 0.0331. The lowest BCUT2D eigenvalue weighted by atomic mass is 10.3. The van der Waals surface area contributed by atoms with Gasteiger partial charge in [-0.2, -0.15) is 5.10 Å². The summed E-state index contributed by atoms with van der Waals surface area (Å²) in [5, 5.41) is 18.9. The lowest BCUT2D eigenvalue weighted by molar-refractivity contribution is -0.385. The zero-order valence-corrected chi connectivity index (χ0v) is 10.9. The van der Waals surface area contributed by atoms with E-state index in [1.807, 2.05) is 0 Å². The van der Waals surface area contributed by atoms with E-state index >= 15 is 0 Å². The van der Waals surface area contributed by atoms with Crippen LogP contribution in [0.25, 0.3) is 0 Å². The zero-order chi connectivity index (χ0) is 13.8. The molecule has 0 aliphatic rings. The normalized spacial score (nSPS) is 10.2. The molecular weight excluding hydrogens is 293 g/mol. The molecular formula is C11H7Cl2N3O3. The molecule has 98 valence electrons. The molecule has 0 atom stereocenters. The predicted molar refractivity (Wildman–Crippen MR) is 69.5 cm³/mol. The van der Waals surface area contributed by atoms with E-state index in [1.54, 1.807) is 12.1 Å². The second-order valence-corrected chi connectivity index (χ2v) is 4.33. The van der Waals surface area contributed by atoms with E-state index in [0.29, 0.717) is 10.7 Å². The lowest BCUT2D eigenvalue weighted by Crippen LogP contribution is -2.01. The molecule has 0 unspecified atom stereocenters. The van der Waals surface area contributed by atoms with Gasteiger partial charge in [0.1, 0.15) is 12.3 Å². The van der Waals surface area contributed by atoms with Crippen molar-refractivity contribution in [3.63, 3.8) is 0 Å². The Morgan fingerprint density at radius 2 is 2.00 bits per heavy atom. The fraction of sp³-hybridized carbons (Fsp3) is 0.0909. The Labute approximate surface area is 118 Å². The number of nitrogens with zero attached hydrogens (tertiary/aromatic N) is 3. The van der Waals surface area contributed by atoms with Crippen molar-refractivity contribution in [2.75, 3.05) is 0 Å². The van der Waals surface area contributed by atoms with Crippen LogP contribution in [0.15, 0.2) is 30.3 Å². The molecule has 0 bridgehead atoms. The summed E-state index contributed by atoms with van der Waals surface area (Å²) in [5.41, 5.74) is 0.338. The summed E-state index contributed by atoms with van der Waals surface area (Å²) in [6.07, 6.45) is 0. The molecule has 0 radical (unpaired) electrons. The number of ether oxygens (including phenoxy) is 1. The fourth-order valence-electron chi connectivity index (χ4n) is 1.33. The minimum Gasteiger partial charge on any atom is -0.480 e. The van der Waals surface area contributed by atoms with Crippen LogP contribution in [0.3, 0.4) is 0 Å². The number of nitro groups is 1. The van der Waals surface area contributed by atoms with Gasteiger partial charge in [-0.25, -0.2) is 0 Å². The summed E-state index contributed by atoms with van der Waals surface area (Å²) >= 11 is 11.4. The summed E-state index contributed by atoms with van der Waals surface area (Å²) in [7, 11) is 0. The minimum atomic E-state index is -0.542. The highest BCUT2D eigenvalue weighted by Crippen LogP contribution is 2.30. The summed E-state index contributed by atoms with van der Waals surface area (Å²) in [4.78, 5) is 10.3. The third kappa shape index (κ3) is 3.52. The highest BCUT2D eigenvalue weighted by molar-refractivity contribution is 6.30. The van der Waals surface area contributed by atoms with Crippen molar-refractivity contribution in [2.45, 2.75) is 6.61 Å². The maximum Gasteiger partial charge on any atom is 0.311 e. The van der Waals surface area contributed by atoms with Crippen molar-refractivity contribution < 1.29 is 9.66 Å². The van der Waals surface area contributed by atoms with Crippen LogP contribution in [0.1, 0.15) is 5.69 Å². The Bertz CT molecular complexity index is 605. The van der Waals surface area contributed by atoms with Gasteiger partial charge in [-0.3, -0.25) is 10.1 Å². The molecule has 0 aliphatic heterocycles. The number of nitro benzene ring substituents is 1. The highest BCUT2D eigenvalue weighted by Gasteiger charge is 2.15. The summed E-state index contributed by atoms with van der Waals surface area (Å²) in [6, 6.07) is 7.26. The van der Waals surface area contributed by atoms with Crippen LogP contribution < -0.4 is 4.74 Å². The van der Waals surface area contributed by atoms with Gasteiger partial charge in [0.25, 0.3) is 0 Å². The van der Waals surface area contributed by atoms with Crippen molar-refractivity contribution in [3.05, 3.63) is 56.3 Å². The third-order valence-corrected chi connectivity index (χ3v) is 2.62. The number of benzene rings is 1. The molecule has 0 spiro atoms. The Kier molecular flexibility index (Phi) is 4.13. The van der Waals surface area contributed by atoms with Crippen molar-refractivity contribution in [1.82, 2.24) is 10.2 Å². The maximum absolute atomic E-state index is 10.8. The van der Waals surface area contributed by atoms with E-state index in [4.69, 9.17) is 27.9 Å². The Morgan fingerprint density at radius 1 is 1.21 bits per heavy atom. The largest absolute Gasteiger partial charge is 0.480 e. The van der Waals surface area contributed by atoms with Crippen LogP contribution in [0, 0.1) is 10.1 Å². The quantitative estimate of drug-likeness (QED) is 0.639. The van der Waals surface area contributed by atoms with Crippen molar-refractivity contribution in [2.24, 2.45) is 0 Å². The maximum atomic E-state index is 10.8. The topological polar surface area (TPSA) is 78.2 Å². The van der Waals surface area contributed by atoms with Crippen LogP contribution in [0.2, 0.25) is 10.2 Å². The van der Waals surface area contributed by atoms with Crippen molar-refractivity contribution in [1.29, 1.82) is 0 Å². The Balaban J connectivity index is 2.16. The van der Waals surface area contributed by atoms with E-state index in [9.17, 15) is 10.1 Å². The second-order valence-electron chi connectivity index (χ2n) is 3.51. The van der Waals surface area contributed by atoms with Crippen molar-refractivity contribution in [3.8, 4) is 5.75 Å². The van der Waals surface area contributed by atoms with E-state index in [-0.39, 0.29) is 23.2 Å². The average molecular weight is 300 g/mol. The number of aromatic nitrogens is 2. The molecule has 8 heteroatoms. The molecule has 1 aromatic carbocycles. The monoisotopic (exact) mass is 299 g/mol. The molecule has 1 heterocycles. The van der Waals surface area contributed by atoms with E-state index in [1.165, 1.54) is 18.2 Å². The van der Waals surface area contributed by atoms with Crippen molar-refractivity contribution >= 4 is 28.9 Å². The van der Waals surface area contributed by atoms with E-state index in [0.717, 1.165) is 0 Å². The molecule has 0 aliphatic carbocycles. The van der Waals surface area contributed by atoms with Gasteiger partial charge in [0.2, 0.25) is 0 Å². The molecule has 2 rings (SSSR count). The standard InChI is InChI=1S/C11H7Cl2N3O3/c12-7-1-3-9(16(17)18)10(5-7)19-6-8-2-4-11(13)15-14-8/h1-5H,6H2. The average Bonchev–Trinajstić information content (AvgIpc) is 2.38. The van der Waals surface area contributed by atoms with Gasteiger partial charge >= 0.3 is 5.69 Å². The molecule has 2 aromatic rings. The summed E-state index contributed by atoms with van der Waals surface area (Å²) in [5.74, 6) is 0.0780. The number of hydrogen-bond acceptors (Lipinski definition) is 5. The molecule has 0 N–H and O–H groups in total. The Hall–Kier alpha value is -1.92. The van der Waals surface area contributed by atoms with Crippen LogP contribution in [-0.2, 0) is 6.61 Å². The molecule has 19 heavy (non-hydrogen) atoms. The molecule has 0 saturated heterocycles. The molecule has 0 amide bonds. The van der Waals surface area contributed by atoms with Gasteiger partial charge in [0, 0.05) is 17.2 Å². The first kappa shape index (κ1) is 13.5. The zero-order valence-electron chi connectivity index (χ0n) is 9.42. The van der Waals surface area contributed by atoms with Crippen LogP contribution in [0.5, 0.6) is 5.75 Å². The predicted octanol–water partition coefficient (Wildman–Crippen LogP) is 3.27. The van der Waals surface area contributed by atoms with E-state index < -0.39 is 4.92 Å². The minimum absolute atomic E-state index is 0.0331. The Morgan fingerprint density at radius 3 is 2.63 bits per heavy atom.